The van der Waals surface area contributed by atoms with Gasteiger partial charge in [0, 0.05) is 17.1 Å². The molecule has 2 heterocycles. The Morgan fingerprint density at radius 3 is 3.20 bits per heavy atom. The van der Waals surface area contributed by atoms with Crippen LogP contribution in [0.15, 0.2) is 23.0 Å². The average Bonchev–Trinajstić information content (AvgIpc) is 2.59. The highest BCUT2D eigenvalue weighted by Gasteiger charge is 1.97. The second-order valence-corrected chi connectivity index (χ2v) is 2.69. The molecule has 0 amide bonds. The number of H-pyrrole nitrogens is 1. The van der Waals surface area contributed by atoms with E-state index in [2.05, 4.69) is 21.7 Å². The van der Waals surface area contributed by atoms with E-state index in [4.69, 9.17) is 0 Å². The first-order valence-corrected chi connectivity index (χ1v) is 3.85. The van der Waals surface area contributed by atoms with Crippen molar-refractivity contribution in [1.82, 2.24) is 9.97 Å². The zero-order chi connectivity index (χ0) is 6.81. The molecular formula is C7H5N2S. The molecule has 0 atom stereocenters. The van der Waals surface area contributed by atoms with Crippen LogP contribution in [0.25, 0.3) is 11.3 Å². The molecule has 2 aromatic rings. The topological polar surface area (TPSA) is 28.7 Å². The van der Waals surface area contributed by atoms with Crippen LogP contribution >= 0.6 is 11.3 Å². The van der Waals surface area contributed by atoms with Crippen LogP contribution in [0, 0.1) is 6.33 Å². The number of aromatic nitrogens is 2. The summed E-state index contributed by atoms with van der Waals surface area (Å²) in [6.07, 6.45) is 4.48. The van der Waals surface area contributed by atoms with Crippen LogP contribution in [0.2, 0.25) is 0 Å². The highest BCUT2D eigenvalue weighted by Crippen LogP contribution is 2.17. The van der Waals surface area contributed by atoms with Crippen molar-refractivity contribution in [2.45, 2.75) is 0 Å². The number of hydrogen-bond donors (Lipinski definition) is 1. The molecule has 1 radical (unpaired) electrons. The van der Waals surface area contributed by atoms with Crippen molar-refractivity contribution in [3.8, 4) is 11.3 Å². The Hall–Kier alpha value is -1.09. The van der Waals surface area contributed by atoms with Crippen molar-refractivity contribution < 1.29 is 0 Å². The molecule has 0 fully saturated rings. The molecule has 10 heavy (non-hydrogen) atoms. The van der Waals surface area contributed by atoms with E-state index in [9.17, 15) is 0 Å². The zero-order valence-electron chi connectivity index (χ0n) is 5.16. The second kappa shape index (κ2) is 2.27. The van der Waals surface area contributed by atoms with E-state index in [-0.39, 0.29) is 0 Å². The molecule has 0 unspecified atom stereocenters. The van der Waals surface area contributed by atoms with Crippen LogP contribution in [0.1, 0.15) is 0 Å². The van der Waals surface area contributed by atoms with E-state index in [1.165, 1.54) is 0 Å². The quantitative estimate of drug-likeness (QED) is 0.659. The molecule has 0 spiro atoms. The summed E-state index contributed by atoms with van der Waals surface area (Å²) < 4.78 is 0. The van der Waals surface area contributed by atoms with Gasteiger partial charge in [-0.1, -0.05) is 0 Å². The molecule has 49 valence electrons. The standard InChI is InChI=1S/C7H5N2S/c1-2-10-4-6(1)7-3-8-5-9-7/h1-4H,(H,8,9). The first-order chi connectivity index (χ1) is 4.97. The number of aromatic amines is 1. The summed E-state index contributed by atoms with van der Waals surface area (Å²) in [5.41, 5.74) is 2.11. The summed E-state index contributed by atoms with van der Waals surface area (Å²) in [6, 6.07) is 2.04. The Balaban J connectivity index is 2.48. The van der Waals surface area contributed by atoms with Gasteiger partial charge in [0.15, 0.2) is 6.33 Å². The smallest absolute Gasteiger partial charge is 0.174 e. The number of rotatable bonds is 1. The third-order valence-corrected chi connectivity index (χ3v) is 1.95. The first kappa shape index (κ1) is 5.68. The minimum absolute atomic E-state index is 0.959. The van der Waals surface area contributed by atoms with Crippen LogP contribution in [-0.2, 0) is 0 Å². The molecule has 0 saturated carbocycles. The number of nitrogens with zero attached hydrogens (tertiary/aromatic N) is 1. The lowest BCUT2D eigenvalue weighted by atomic mass is 10.3. The van der Waals surface area contributed by atoms with Crippen LogP contribution in [0.4, 0.5) is 0 Å². The van der Waals surface area contributed by atoms with Crippen molar-refractivity contribution in [3.63, 3.8) is 0 Å². The van der Waals surface area contributed by atoms with Gasteiger partial charge >= 0.3 is 0 Å². The Kier molecular flexibility index (Phi) is 1.29. The van der Waals surface area contributed by atoms with Gasteiger partial charge in [0.05, 0.1) is 5.69 Å². The molecule has 0 aliphatic heterocycles. The van der Waals surface area contributed by atoms with Crippen LogP contribution in [0.5, 0.6) is 0 Å². The second-order valence-electron chi connectivity index (χ2n) is 1.91. The Labute approximate surface area is 62.6 Å². The molecule has 2 rings (SSSR count). The van der Waals surface area contributed by atoms with E-state index in [0.29, 0.717) is 0 Å². The van der Waals surface area contributed by atoms with Gasteiger partial charge in [-0.25, -0.2) is 4.98 Å². The summed E-state index contributed by atoms with van der Waals surface area (Å²) in [7, 11) is 0. The molecule has 0 aliphatic rings. The Morgan fingerprint density at radius 2 is 2.60 bits per heavy atom. The lowest BCUT2D eigenvalue weighted by molar-refractivity contribution is 1.29. The van der Waals surface area contributed by atoms with Crippen LogP contribution < -0.4 is 0 Å². The molecule has 0 aromatic carbocycles. The fourth-order valence-corrected chi connectivity index (χ4v) is 1.43. The predicted molar refractivity (Wildman–Crippen MR) is 40.7 cm³/mol. The number of nitrogens with one attached hydrogen (secondary N) is 1. The van der Waals surface area contributed by atoms with Gasteiger partial charge in [-0.3, -0.25) is 0 Å². The fraction of sp³-hybridized carbons (Fsp3) is 0. The lowest BCUT2D eigenvalue weighted by Gasteiger charge is -1.83. The summed E-state index contributed by atoms with van der Waals surface area (Å²) in [5, 5.41) is 4.09. The van der Waals surface area contributed by atoms with Gasteiger partial charge in [0.25, 0.3) is 0 Å². The summed E-state index contributed by atoms with van der Waals surface area (Å²) in [4.78, 5) is 6.77. The number of thiophene rings is 1. The minimum atomic E-state index is 0.959. The monoisotopic (exact) mass is 149 g/mol. The third-order valence-electron chi connectivity index (χ3n) is 1.27. The Bertz CT molecular complexity index is 251. The highest BCUT2D eigenvalue weighted by molar-refractivity contribution is 7.08. The maximum atomic E-state index is 3.98. The first-order valence-electron chi connectivity index (χ1n) is 2.91. The van der Waals surface area contributed by atoms with Gasteiger partial charge in [0.2, 0.25) is 0 Å². The molecule has 0 bridgehead atoms. The van der Waals surface area contributed by atoms with E-state index in [1.807, 2.05) is 17.6 Å². The summed E-state index contributed by atoms with van der Waals surface area (Å²) in [5.74, 6) is 0. The van der Waals surface area contributed by atoms with Gasteiger partial charge in [-0.2, -0.15) is 11.3 Å². The maximum absolute atomic E-state index is 3.98. The van der Waals surface area contributed by atoms with Gasteiger partial charge < -0.3 is 4.98 Å². The van der Waals surface area contributed by atoms with Gasteiger partial charge in [0.1, 0.15) is 0 Å². The average molecular weight is 149 g/mol. The summed E-state index contributed by atoms with van der Waals surface area (Å²) >= 11 is 1.67. The fourth-order valence-electron chi connectivity index (χ4n) is 0.784. The van der Waals surface area contributed by atoms with Crippen molar-refractivity contribution >= 4 is 11.3 Å². The molecular weight excluding hydrogens is 144 g/mol. The third kappa shape index (κ3) is 0.844. The van der Waals surface area contributed by atoms with E-state index >= 15 is 0 Å². The molecule has 2 aromatic heterocycles. The Morgan fingerprint density at radius 1 is 1.60 bits per heavy atom. The summed E-state index contributed by atoms with van der Waals surface area (Å²) in [6.45, 7) is 0. The van der Waals surface area contributed by atoms with Crippen LogP contribution in [-0.4, -0.2) is 9.97 Å². The molecule has 3 heteroatoms. The highest BCUT2D eigenvalue weighted by atomic mass is 32.1. The van der Waals surface area contributed by atoms with E-state index in [1.54, 1.807) is 11.3 Å². The maximum Gasteiger partial charge on any atom is 0.174 e. The van der Waals surface area contributed by atoms with Crippen molar-refractivity contribution in [2.75, 3.05) is 0 Å². The molecule has 0 aliphatic carbocycles. The van der Waals surface area contributed by atoms with E-state index < -0.39 is 0 Å². The molecule has 1 N–H and O–H groups in total. The van der Waals surface area contributed by atoms with Gasteiger partial charge in [-0.05, 0) is 11.4 Å². The van der Waals surface area contributed by atoms with Gasteiger partial charge in [-0.15, -0.1) is 0 Å². The number of imidazole rings is 1. The zero-order valence-corrected chi connectivity index (χ0v) is 5.98. The number of hydrogen-bond acceptors (Lipinski definition) is 2. The van der Waals surface area contributed by atoms with Crippen LogP contribution in [0.3, 0.4) is 0 Å². The van der Waals surface area contributed by atoms with Crippen molar-refractivity contribution in [3.05, 3.63) is 29.4 Å². The normalized spacial score (nSPS) is 10.0. The largest absolute Gasteiger partial charge is 0.341 e. The molecule has 2 nitrogen and oxygen atoms in total. The SMILES string of the molecule is [c]1nc(-c2ccsc2)c[nH]1. The molecule has 0 saturated heterocycles. The van der Waals surface area contributed by atoms with Crippen molar-refractivity contribution in [2.24, 2.45) is 0 Å². The van der Waals surface area contributed by atoms with E-state index in [0.717, 1.165) is 11.3 Å². The predicted octanol–water partition coefficient (Wildman–Crippen LogP) is 1.94. The van der Waals surface area contributed by atoms with Crippen molar-refractivity contribution in [1.29, 1.82) is 0 Å². The lowest BCUT2D eigenvalue weighted by Crippen LogP contribution is -1.68. The minimum Gasteiger partial charge on any atom is -0.341 e.